The lowest BCUT2D eigenvalue weighted by atomic mass is 10.0. The van der Waals surface area contributed by atoms with Gasteiger partial charge in [-0.1, -0.05) is 20.8 Å². The van der Waals surface area contributed by atoms with E-state index in [1.165, 1.54) is 15.9 Å². The maximum Gasteiger partial charge on any atom is 0.0594 e. The topological polar surface area (TPSA) is 32.5 Å². The van der Waals surface area contributed by atoms with Crippen molar-refractivity contribution in [3.05, 3.63) is 20.8 Å². The molecule has 0 radical (unpaired) electrons. The van der Waals surface area contributed by atoms with Crippen LogP contribution in [0.4, 0.5) is 0 Å². The lowest BCUT2D eigenvalue weighted by molar-refractivity contribution is 0.0789. The van der Waals surface area contributed by atoms with Gasteiger partial charge in [-0.25, -0.2) is 0 Å². The fourth-order valence-corrected chi connectivity index (χ4v) is 4.76. The van der Waals surface area contributed by atoms with Crippen LogP contribution in [0.1, 0.15) is 38.1 Å². The van der Waals surface area contributed by atoms with Gasteiger partial charge in [0.15, 0.2) is 0 Å². The Bertz CT molecular complexity index is 427. The summed E-state index contributed by atoms with van der Waals surface area (Å²) in [6, 6.07) is 2.82. The summed E-state index contributed by atoms with van der Waals surface area (Å²) in [4.78, 5) is 6.57. The number of piperazine rings is 1. The number of halogens is 1. The molecule has 1 aliphatic heterocycles. The Morgan fingerprint density at radius 2 is 1.95 bits per heavy atom. The van der Waals surface area contributed by atoms with Crippen LogP contribution in [0.2, 0.25) is 0 Å². The molecule has 21 heavy (non-hydrogen) atoms. The zero-order chi connectivity index (χ0) is 15.4. The highest BCUT2D eigenvalue weighted by Crippen LogP contribution is 2.32. The third-order valence-electron chi connectivity index (χ3n) is 4.18. The number of hydrogen-bond donors (Lipinski definition) is 1. The first-order valence-corrected chi connectivity index (χ1v) is 9.64. The Balaban J connectivity index is 2.02. The van der Waals surface area contributed by atoms with Crippen molar-refractivity contribution < 1.29 is 0 Å². The molecule has 0 saturated carbocycles. The molecule has 0 aliphatic carbocycles. The van der Waals surface area contributed by atoms with E-state index in [-0.39, 0.29) is 6.04 Å². The van der Waals surface area contributed by atoms with Crippen LogP contribution in [0.15, 0.2) is 15.9 Å². The lowest BCUT2D eigenvalue weighted by Gasteiger charge is -2.41. The molecule has 2 rings (SSSR count). The van der Waals surface area contributed by atoms with E-state index < -0.39 is 0 Å². The first-order valence-electron chi connectivity index (χ1n) is 7.97. The molecule has 2 unspecified atom stereocenters. The van der Waals surface area contributed by atoms with Gasteiger partial charge in [-0.05, 0) is 34.3 Å². The van der Waals surface area contributed by atoms with Crippen LogP contribution < -0.4 is 5.73 Å². The number of rotatable bonds is 6. The monoisotopic (exact) mass is 373 g/mol. The zero-order valence-corrected chi connectivity index (χ0v) is 15.8. The number of nitrogens with two attached hydrogens (primary N) is 1. The number of hydrogen-bond acceptors (Lipinski definition) is 4. The van der Waals surface area contributed by atoms with Crippen molar-refractivity contribution in [2.75, 3.05) is 32.7 Å². The van der Waals surface area contributed by atoms with E-state index >= 15 is 0 Å². The number of thiophene rings is 1. The largest absolute Gasteiger partial charge is 0.326 e. The molecule has 0 aromatic carbocycles. The summed E-state index contributed by atoms with van der Waals surface area (Å²) in [5, 5.41) is 2.17. The average Bonchev–Trinajstić information content (AvgIpc) is 2.86. The van der Waals surface area contributed by atoms with Crippen molar-refractivity contribution in [3.63, 3.8) is 0 Å². The van der Waals surface area contributed by atoms with Crippen LogP contribution in [-0.4, -0.2) is 48.6 Å². The number of nitrogens with zero attached hydrogens (tertiary/aromatic N) is 2. The molecule has 120 valence electrons. The van der Waals surface area contributed by atoms with Crippen LogP contribution in [0.25, 0.3) is 0 Å². The van der Waals surface area contributed by atoms with Gasteiger partial charge < -0.3 is 10.6 Å². The highest BCUT2D eigenvalue weighted by Gasteiger charge is 2.29. The van der Waals surface area contributed by atoms with Gasteiger partial charge in [0.2, 0.25) is 0 Å². The van der Waals surface area contributed by atoms with Crippen LogP contribution in [0.5, 0.6) is 0 Å². The van der Waals surface area contributed by atoms with E-state index in [1.54, 1.807) is 0 Å². The normalized spacial score (nSPS) is 20.9. The third-order valence-corrected chi connectivity index (χ3v) is 5.94. The van der Waals surface area contributed by atoms with Gasteiger partial charge in [-0.15, -0.1) is 11.3 Å². The fourth-order valence-electron chi connectivity index (χ4n) is 3.11. The Kier molecular flexibility index (Phi) is 6.69. The zero-order valence-electron chi connectivity index (χ0n) is 13.4. The molecule has 1 aromatic rings. The molecule has 1 aromatic heterocycles. The third kappa shape index (κ3) is 4.76. The van der Waals surface area contributed by atoms with Crippen molar-refractivity contribution in [3.8, 4) is 0 Å². The van der Waals surface area contributed by atoms with E-state index in [4.69, 9.17) is 5.73 Å². The van der Waals surface area contributed by atoms with Gasteiger partial charge in [-0.2, -0.15) is 0 Å². The van der Waals surface area contributed by atoms with E-state index in [9.17, 15) is 0 Å². The van der Waals surface area contributed by atoms with Crippen LogP contribution >= 0.6 is 27.3 Å². The maximum absolute atomic E-state index is 6.44. The molecule has 0 spiro atoms. The maximum atomic E-state index is 6.44. The first-order chi connectivity index (χ1) is 10.0. The lowest BCUT2D eigenvalue weighted by Crippen LogP contribution is -2.51. The second kappa shape index (κ2) is 8.06. The van der Waals surface area contributed by atoms with Gasteiger partial charge in [-0.3, -0.25) is 4.90 Å². The molecule has 0 amide bonds. The summed E-state index contributed by atoms with van der Waals surface area (Å²) in [6.07, 6.45) is 1.02. The van der Waals surface area contributed by atoms with Gasteiger partial charge in [0.05, 0.1) is 6.04 Å². The van der Waals surface area contributed by atoms with E-state index in [1.807, 2.05) is 11.3 Å². The van der Waals surface area contributed by atoms with Crippen molar-refractivity contribution >= 4 is 27.3 Å². The van der Waals surface area contributed by atoms with E-state index in [2.05, 4.69) is 57.9 Å². The molecule has 2 heterocycles. The minimum atomic E-state index is 0.215. The minimum absolute atomic E-state index is 0.215. The molecule has 1 aliphatic rings. The summed E-state index contributed by atoms with van der Waals surface area (Å²) in [5.41, 5.74) is 6.44. The van der Waals surface area contributed by atoms with Crippen molar-refractivity contribution in [1.82, 2.24) is 9.80 Å². The van der Waals surface area contributed by atoms with Crippen LogP contribution in [-0.2, 0) is 0 Å². The molecular weight excluding hydrogens is 346 g/mol. The molecule has 5 heteroatoms. The van der Waals surface area contributed by atoms with Gasteiger partial charge in [0, 0.05) is 53.5 Å². The summed E-state index contributed by atoms with van der Waals surface area (Å²) < 4.78 is 1.18. The Morgan fingerprint density at radius 3 is 2.43 bits per heavy atom. The molecule has 2 atom stereocenters. The van der Waals surface area contributed by atoms with Gasteiger partial charge in [0.1, 0.15) is 0 Å². The molecule has 0 bridgehead atoms. The smallest absolute Gasteiger partial charge is 0.0594 e. The Hall–Kier alpha value is 0.0600. The van der Waals surface area contributed by atoms with E-state index in [0.717, 1.165) is 38.5 Å². The predicted octanol–water partition coefficient (Wildman–Crippen LogP) is 3.56. The fraction of sp³-hybridized carbons (Fsp3) is 0.750. The van der Waals surface area contributed by atoms with E-state index in [0.29, 0.717) is 6.04 Å². The predicted molar refractivity (Wildman–Crippen MR) is 95.9 cm³/mol. The van der Waals surface area contributed by atoms with Crippen molar-refractivity contribution in [1.29, 1.82) is 0 Å². The Labute approximate surface area is 141 Å². The van der Waals surface area contributed by atoms with Crippen LogP contribution in [0.3, 0.4) is 0 Å². The van der Waals surface area contributed by atoms with Gasteiger partial charge >= 0.3 is 0 Å². The molecular formula is C16H28BrN3S. The summed E-state index contributed by atoms with van der Waals surface area (Å²) in [7, 11) is 0. The summed E-state index contributed by atoms with van der Waals surface area (Å²) in [6.45, 7) is 12.6. The molecule has 1 fully saturated rings. The SMILES string of the molecule is CCC(N)C(c1cc(Br)cs1)N1CCN(CC(C)C)CC1. The highest BCUT2D eigenvalue weighted by atomic mass is 79.9. The second-order valence-electron chi connectivity index (χ2n) is 6.41. The quantitative estimate of drug-likeness (QED) is 0.826. The molecule has 1 saturated heterocycles. The molecule has 3 nitrogen and oxygen atoms in total. The standard InChI is InChI=1S/C16H28BrN3S/c1-4-14(18)16(15-9-13(17)11-21-15)20-7-5-19(6-8-20)10-12(2)3/h9,11-12,14,16H,4-8,10,18H2,1-3H3. The second-order valence-corrected chi connectivity index (χ2v) is 8.27. The van der Waals surface area contributed by atoms with Crippen LogP contribution in [0, 0.1) is 5.92 Å². The molecule has 2 N–H and O–H groups in total. The van der Waals surface area contributed by atoms with Crippen molar-refractivity contribution in [2.45, 2.75) is 39.3 Å². The van der Waals surface area contributed by atoms with Gasteiger partial charge in [0.25, 0.3) is 0 Å². The van der Waals surface area contributed by atoms with Crippen molar-refractivity contribution in [2.24, 2.45) is 11.7 Å². The minimum Gasteiger partial charge on any atom is -0.326 e. The summed E-state index contributed by atoms with van der Waals surface area (Å²) in [5.74, 6) is 0.749. The highest BCUT2D eigenvalue weighted by molar-refractivity contribution is 9.10. The Morgan fingerprint density at radius 1 is 1.29 bits per heavy atom. The first kappa shape index (κ1) is 17.4. The average molecular weight is 374 g/mol. The summed E-state index contributed by atoms with van der Waals surface area (Å²) >= 11 is 5.40.